The Balaban J connectivity index is 0.00000341. The zero-order chi connectivity index (χ0) is 21.2. The van der Waals surface area contributed by atoms with E-state index in [1.807, 2.05) is 49.6 Å². The maximum Gasteiger partial charge on any atom is 0.216 e. The van der Waals surface area contributed by atoms with Crippen LogP contribution in [0.1, 0.15) is 6.92 Å². The van der Waals surface area contributed by atoms with Crippen LogP contribution >= 0.6 is 24.0 Å². The van der Waals surface area contributed by atoms with Crippen LogP contribution in [0.4, 0.5) is 5.82 Å². The molecule has 0 bridgehead atoms. The first-order chi connectivity index (χ1) is 14.6. The van der Waals surface area contributed by atoms with E-state index in [-0.39, 0.29) is 36.3 Å². The standard InChI is InChI=1S/C20H31N7O2S.HI/c1-2-21-20(23-9-13-25-11-5-6-12-25)24-10-18-30(28,29)27-16-14-26(15-17-27)19-7-3-4-8-22-19;/h3-8,11-12H,2,9-10,13-18H2,1H3,(H2,21,23,24);1H. The summed E-state index contributed by atoms with van der Waals surface area (Å²) < 4.78 is 29.1. The van der Waals surface area contributed by atoms with Crippen LogP contribution in [-0.4, -0.2) is 79.8 Å². The number of pyridine rings is 1. The summed E-state index contributed by atoms with van der Waals surface area (Å²) in [6, 6.07) is 9.74. The third-order valence-corrected chi connectivity index (χ3v) is 6.75. The predicted molar refractivity (Wildman–Crippen MR) is 136 cm³/mol. The highest BCUT2D eigenvalue weighted by molar-refractivity contribution is 14.0. The first kappa shape index (κ1) is 25.4. The molecule has 3 rings (SSSR count). The van der Waals surface area contributed by atoms with Gasteiger partial charge in [-0.2, -0.15) is 4.31 Å². The molecular formula is C20H32IN7O2S. The van der Waals surface area contributed by atoms with Crippen LogP contribution in [0.5, 0.6) is 0 Å². The van der Waals surface area contributed by atoms with E-state index < -0.39 is 10.0 Å². The van der Waals surface area contributed by atoms with Gasteiger partial charge < -0.3 is 20.1 Å². The number of aliphatic imine (C=N–C) groups is 1. The van der Waals surface area contributed by atoms with Crippen LogP contribution in [0, 0.1) is 0 Å². The van der Waals surface area contributed by atoms with E-state index >= 15 is 0 Å². The van der Waals surface area contributed by atoms with Crippen molar-refractivity contribution in [1.29, 1.82) is 0 Å². The maximum absolute atomic E-state index is 12.7. The lowest BCUT2D eigenvalue weighted by atomic mass is 10.3. The van der Waals surface area contributed by atoms with Crippen LogP contribution in [0.15, 0.2) is 53.9 Å². The molecule has 9 nitrogen and oxygen atoms in total. The quantitative estimate of drug-likeness (QED) is 0.272. The molecule has 0 unspecified atom stereocenters. The number of aromatic nitrogens is 2. The zero-order valence-corrected chi connectivity index (χ0v) is 21.0. The van der Waals surface area contributed by atoms with Gasteiger partial charge in [0.2, 0.25) is 10.0 Å². The Morgan fingerprint density at radius 1 is 1.10 bits per heavy atom. The zero-order valence-electron chi connectivity index (χ0n) is 17.9. The molecule has 0 radical (unpaired) electrons. The molecule has 0 saturated carbocycles. The molecule has 31 heavy (non-hydrogen) atoms. The molecule has 2 aromatic heterocycles. The molecule has 2 aromatic rings. The number of anilines is 1. The highest BCUT2D eigenvalue weighted by Gasteiger charge is 2.27. The second-order valence-electron chi connectivity index (χ2n) is 7.00. The lowest BCUT2D eigenvalue weighted by Crippen LogP contribution is -2.49. The minimum Gasteiger partial charge on any atom is -0.357 e. The van der Waals surface area contributed by atoms with Crippen molar-refractivity contribution >= 4 is 45.8 Å². The molecule has 3 heterocycles. The van der Waals surface area contributed by atoms with Crippen LogP contribution < -0.4 is 15.5 Å². The molecule has 0 atom stereocenters. The number of nitrogens with one attached hydrogen (secondary N) is 2. The molecule has 0 spiro atoms. The first-order valence-corrected chi connectivity index (χ1v) is 12.0. The van der Waals surface area contributed by atoms with E-state index in [0.717, 1.165) is 18.9 Å². The molecule has 1 aliphatic heterocycles. The summed E-state index contributed by atoms with van der Waals surface area (Å²) in [6.07, 6.45) is 5.77. The molecule has 0 aliphatic carbocycles. The Kier molecular flexibility index (Phi) is 10.5. The summed E-state index contributed by atoms with van der Waals surface area (Å²) in [6.45, 7) is 6.68. The summed E-state index contributed by atoms with van der Waals surface area (Å²) in [7, 11) is -3.34. The van der Waals surface area contributed by atoms with E-state index in [1.54, 1.807) is 10.5 Å². The van der Waals surface area contributed by atoms with Crippen molar-refractivity contribution in [2.24, 2.45) is 4.99 Å². The van der Waals surface area contributed by atoms with Gasteiger partial charge in [-0.05, 0) is 31.2 Å². The van der Waals surface area contributed by atoms with Gasteiger partial charge in [-0.25, -0.2) is 13.4 Å². The van der Waals surface area contributed by atoms with Gasteiger partial charge in [0.25, 0.3) is 0 Å². The van der Waals surface area contributed by atoms with Crippen molar-refractivity contribution < 1.29 is 8.42 Å². The lowest BCUT2D eigenvalue weighted by Gasteiger charge is -2.34. The van der Waals surface area contributed by atoms with Crippen LogP contribution in [0.3, 0.4) is 0 Å². The number of hydrogen-bond acceptors (Lipinski definition) is 5. The molecule has 172 valence electrons. The number of hydrogen-bond donors (Lipinski definition) is 2. The van der Waals surface area contributed by atoms with Gasteiger partial charge in [0.05, 0.1) is 12.3 Å². The fourth-order valence-electron chi connectivity index (χ4n) is 3.30. The van der Waals surface area contributed by atoms with E-state index in [2.05, 4.69) is 30.1 Å². The molecule has 11 heteroatoms. The van der Waals surface area contributed by atoms with Gasteiger partial charge in [0.15, 0.2) is 5.96 Å². The number of rotatable bonds is 9. The van der Waals surface area contributed by atoms with Gasteiger partial charge >= 0.3 is 0 Å². The lowest BCUT2D eigenvalue weighted by molar-refractivity contribution is 0.384. The minimum absolute atomic E-state index is 0. The molecule has 1 fully saturated rings. The van der Waals surface area contributed by atoms with Gasteiger partial charge in [0.1, 0.15) is 5.82 Å². The van der Waals surface area contributed by atoms with Crippen molar-refractivity contribution in [3.63, 3.8) is 0 Å². The summed E-state index contributed by atoms with van der Waals surface area (Å²) in [4.78, 5) is 10.9. The Morgan fingerprint density at radius 3 is 2.48 bits per heavy atom. The summed E-state index contributed by atoms with van der Waals surface area (Å²) in [5.74, 6) is 1.53. The van der Waals surface area contributed by atoms with Gasteiger partial charge in [-0.3, -0.25) is 4.99 Å². The Bertz CT molecular complexity index is 884. The maximum atomic E-state index is 12.7. The van der Waals surface area contributed by atoms with E-state index in [9.17, 15) is 8.42 Å². The molecule has 0 aromatic carbocycles. The van der Waals surface area contributed by atoms with Crippen molar-refractivity contribution in [2.45, 2.75) is 13.5 Å². The number of piperazine rings is 1. The Hall–Kier alpha value is -1.86. The first-order valence-electron chi connectivity index (χ1n) is 10.4. The molecule has 0 amide bonds. The van der Waals surface area contributed by atoms with E-state index in [0.29, 0.717) is 38.7 Å². The smallest absolute Gasteiger partial charge is 0.216 e. The highest BCUT2D eigenvalue weighted by Crippen LogP contribution is 2.14. The molecule has 1 saturated heterocycles. The van der Waals surface area contributed by atoms with Crippen LogP contribution in [-0.2, 0) is 16.6 Å². The second-order valence-corrected chi connectivity index (χ2v) is 9.09. The summed E-state index contributed by atoms with van der Waals surface area (Å²) in [5.41, 5.74) is 0. The third-order valence-electron chi connectivity index (χ3n) is 4.90. The van der Waals surface area contributed by atoms with Crippen LogP contribution in [0.25, 0.3) is 0 Å². The van der Waals surface area contributed by atoms with Crippen molar-refractivity contribution in [3.05, 3.63) is 48.9 Å². The Morgan fingerprint density at radius 2 is 1.84 bits per heavy atom. The highest BCUT2D eigenvalue weighted by atomic mass is 127. The molecule has 2 N–H and O–H groups in total. The minimum atomic E-state index is -3.34. The number of sulfonamides is 1. The molecular weight excluding hydrogens is 529 g/mol. The van der Waals surface area contributed by atoms with Crippen molar-refractivity contribution in [3.8, 4) is 0 Å². The molecule has 1 aliphatic rings. The predicted octanol–water partition coefficient (Wildman–Crippen LogP) is 1.21. The van der Waals surface area contributed by atoms with E-state index in [4.69, 9.17) is 0 Å². The van der Waals surface area contributed by atoms with Gasteiger partial charge in [-0.15, -0.1) is 24.0 Å². The number of halogens is 1. The summed E-state index contributed by atoms with van der Waals surface area (Å²) >= 11 is 0. The monoisotopic (exact) mass is 561 g/mol. The number of nitrogens with zero attached hydrogens (tertiary/aromatic N) is 5. The van der Waals surface area contributed by atoms with Crippen LogP contribution in [0.2, 0.25) is 0 Å². The number of guanidine groups is 1. The van der Waals surface area contributed by atoms with Gasteiger partial charge in [-0.1, -0.05) is 6.07 Å². The van der Waals surface area contributed by atoms with E-state index in [1.165, 1.54) is 0 Å². The fraction of sp³-hybridized carbons (Fsp3) is 0.500. The fourth-order valence-corrected chi connectivity index (χ4v) is 4.60. The van der Waals surface area contributed by atoms with Gasteiger partial charge in [0, 0.05) is 64.4 Å². The largest absolute Gasteiger partial charge is 0.357 e. The summed E-state index contributed by atoms with van der Waals surface area (Å²) in [5, 5.41) is 6.40. The third kappa shape index (κ3) is 7.96. The van der Waals surface area contributed by atoms with Crippen molar-refractivity contribution in [2.75, 3.05) is 56.5 Å². The normalized spacial score (nSPS) is 15.4. The second kappa shape index (κ2) is 12.9. The average molecular weight is 561 g/mol. The average Bonchev–Trinajstić information content (AvgIpc) is 3.28. The Labute approximate surface area is 202 Å². The SMILES string of the molecule is CCNC(=NCCS(=O)(=O)N1CCN(c2ccccn2)CC1)NCCn1cccc1.I. The topological polar surface area (TPSA) is 94.9 Å². The van der Waals surface area contributed by atoms with Crippen molar-refractivity contribution in [1.82, 2.24) is 24.5 Å².